The molecule has 5 atom stereocenters. The van der Waals surface area contributed by atoms with Crippen LogP contribution in [0.4, 0.5) is 0 Å². The lowest BCUT2D eigenvalue weighted by Crippen LogP contribution is -2.37. The van der Waals surface area contributed by atoms with Gasteiger partial charge in [-0.3, -0.25) is 18.9 Å². The molecule has 0 aromatic rings. The van der Waals surface area contributed by atoms with Crippen molar-refractivity contribution in [3.63, 3.8) is 0 Å². The maximum atomic E-state index is 12.8. The number of rotatable bonds is 35. The molecule has 0 spiro atoms. The number of quaternary nitrogens is 1. The van der Waals surface area contributed by atoms with E-state index in [4.69, 9.17) is 18.5 Å². The normalized spacial score (nSPS) is 18.4. The zero-order chi connectivity index (χ0) is 44.3. The Morgan fingerprint density at radius 2 is 1.38 bits per heavy atom. The summed E-state index contributed by atoms with van der Waals surface area (Å²) in [4.78, 5) is 50.1. The van der Waals surface area contributed by atoms with Crippen molar-refractivity contribution in [2.45, 2.75) is 129 Å². The van der Waals surface area contributed by atoms with Gasteiger partial charge in [-0.05, 0) is 82.6 Å². The first-order valence-electron chi connectivity index (χ1n) is 22.0. The topological polar surface area (TPSA) is 148 Å². The molecular formula is C48H76NO10P. The summed E-state index contributed by atoms with van der Waals surface area (Å²) in [6, 6.07) is 0. The predicted molar refractivity (Wildman–Crippen MR) is 240 cm³/mol. The molecule has 338 valence electrons. The molecule has 1 rings (SSSR count). The summed E-state index contributed by atoms with van der Waals surface area (Å²) in [6.45, 7) is 3.68. The van der Waals surface area contributed by atoms with Gasteiger partial charge in [0.15, 0.2) is 11.9 Å². The van der Waals surface area contributed by atoms with E-state index >= 15 is 0 Å². The standard InChI is InChI=1S/C48H76NO10P/c1-6-8-10-11-12-13-14-15-16-17-18-19-20-21-22-23-28-32-47(52)56-40-44(41-58-60(54,55)57-39-38-49(3,4)5)59-48(53)33-29-25-24-27-30-42-34-37-46(51)45(42)36-35-43(50)31-26-9-7-2/h8,10,12-13,15-16,18-19,21-22,24,27,34-37,42-45,50H,6-7,9,11,14,17,20,23,25-26,28-33,38-41H2,1-5H3/b10-8-,13-12-,16-15-,19-18-,22-21-,27-24-,36-35+/t42-,43-,44+,45+/m0/s1. The van der Waals surface area contributed by atoms with Crippen molar-refractivity contribution in [2.75, 3.05) is 47.5 Å². The van der Waals surface area contributed by atoms with Crippen molar-refractivity contribution in [2.24, 2.45) is 11.8 Å². The number of ether oxygens (including phenoxy) is 2. The van der Waals surface area contributed by atoms with Crippen LogP contribution in [-0.2, 0) is 37.5 Å². The van der Waals surface area contributed by atoms with Gasteiger partial charge in [0.1, 0.15) is 19.8 Å². The number of hydrogen-bond donors (Lipinski definition) is 1. The number of phosphoric acid groups is 1. The van der Waals surface area contributed by atoms with E-state index in [1.165, 1.54) is 0 Å². The second-order valence-corrected chi connectivity index (χ2v) is 17.4. The molecule has 0 radical (unpaired) electrons. The monoisotopic (exact) mass is 858 g/mol. The van der Waals surface area contributed by atoms with Crippen LogP contribution in [0.1, 0.15) is 117 Å². The Kier molecular flexibility index (Phi) is 31.1. The second-order valence-electron chi connectivity index (χ2n) is 16.0. The van der Waals surface area contributed by atoms with Gasteiger partial charge >= 0.3 is 11.9 Å². The van der Waals surface area contributed by atoms with Crippen LogP contribution >= 0.6 is 7.82 Å². The van der Waals surface area contributed by atoms with Crippen molar-refractivity contribution >= 4 is 25.5 Å². The van der Waals surface area contributed by atoms with Gasteiger partial charge in [0.05, 0.1) is 33.9 Å². The summed E-state index contributed by atoms with van der Waals surface area (Å²) in [5.74, 6) is -1.33. The Labute approximate surface area is 361 Å². The summed E-state index contributed by atoms with van der Waals surface area (Å²) in [7, 11) is 0.993. The fraction of sp³-hybridized carbons (Fsp3) is 0.604. The maximum Gasteiger partial charge on any atom is 0.306 e. The number of likely N-dealkylation sites (N-methyl/N-ethyl adjacent to an activating group) is 1. The fourth-order valence-electron chi connectivity index (χ4n) is 5.80. The van der Waals surface area contributed by atoms with E-state index in [0.29, 0.717) is 49.6 Å². The van der Waals surface area contributed by atoms with Gasteiger partial charge in [-0.2, -0.15) is 0 Å². The lowest BCUT2D eigenvalue weighted by atomic mass is 9.90. The summed E-state index contributed by atoms with van der Waals surface area (Å²) in [6.07, 6.45) is 42.2. The van der Waals surface area contributed by atoms with Gasteiger partial charge in [0.25, 0.3) is 7.82 Å². The summed E-state index contributed by atoms with van der Waals surface area (Å²) in [5, 5.41) is 10.2. The van der Waals surface area contributed by atoms with E-state index in [2.05, 4.69) is 68.5 Å². The van der Waals surface area contributed by atoms with E-state index in [1.54, 1.807) is 12.2 Å². The van der Waals surface area contributed by atoms with E-state index in [1.807, 2.05) is 51.5 Å². The highest BCUT2D eigenvalue weighted by Gasteiger charge is 2.27. The number of allylic oxidation sites excluding steroid dienone is 15. The molecule has 60 heavy (non-hydrogen) atoms. The van der Waals surface area contributed by atoms with Crippen LogP contribution < -0.4 is 4.89 Å². The van der Waals surface area contributed by atoms with E-state index in [0.717, 1.165) is 51.4 Å². The van der Waals surface area contributed by atoms with Crippen LogP contribution in [0.15, 0.2) is 97.2 Å². The van der Waals surface area contributed by atoms with Crippen LogP contribution in [0, 0.1) is 11.8 Å². The average molecular weight is 858 g/mol. The van der Waals surface area contributed by atoms with Crippen molar-refractivity contribution in [3.8, 4) is 0 Å². The molecule has 0 aliphatic heterocycles. The van der Waals surface area contributed by atoms with Crippen molar-refractivity contribution < 1.29 is 52.0 Å². The average Bonchev–Trinajstić information content (AvgIpc) is 3.55. The molecule has 0 saturated heterocycles. The molecule has 1 unspecified atom stereocenters. The third kappa shape index (κ3) is 31.4. The molecule has 0 heterocycles. The Balaban J connectivity index is 2.52. The number of nitrogens with zero attached hydrogens (tertiary/aromatic N) is 1. The predicted octanol–water partition coefficient (Wildman–Crippen LogP) is 9.56. The largest absolute Gasteiger partial charge is 0.756 e. The number of carbonyl (C=O) groups excluding carboxylic acids is 3. The highest BCUT2D eigenvalue weighted by molar-refractivity contribution is 7.45. The number of esters is 2. The highest BCUT2D eigenvalue weighted by atomic mass is 31.2. The Morgan fingerprint density at radius 1 is 0.800 bits per heavy atom. The Hall–Kier alpha value is -3.44. The van der Waals surface area contributed by atoms with Crippen LogP contribution in [0.3, 0.4) is 0 Å². The summed E-state index contributed by atoms with van der Waals surface area (Å²) in [5.41, 5.74) is 0. The van der Waals surface area contributed by atoms with Gasteiger partial charge in [-0.1, -0.05) is 124 Å². The Morgan fingerprint density at radius 3 is 1.98 bits per heavy atom. The quantitative estimate of drug-likeness (QED) is 0.0215. The minimum absolute atomic E-state index is 0.00726. The lowest BCUT2D eigenvalue weighted by molar-refractivity contribution is -0.870. The minimum atomic E-state index is -4.70. The Bertz CT molecular complexity index is 1490. The molecule has 1 aliphatic carbocycles. The fourth-order valence-corrected chi connectivity index (χ4v) is 6.52. The van der Waals surface area contributed by atoms with Crippen LogP contribution in [0.25, 0.3) is 0 Å². The first-order valence-corrected chi connectivity index (χ1v) is 23.5. The number of aliphatic hydroxyl groups excluding tert-OH is 1. The molecule has 0 aromatic carbocycles. The summed E-state index contributed by atoms with van der Waals surface area (Å²) < 4.78 is 33.8. The molecule has 0 fully saturated rings. The number of ketones is 1. The van der Waals surface area contributed by atoms with Crippen molar-refractivity contribution in [3.05, 3.63) is 97.2 Å². The number of unbranched alkanes of at least 4 members (excludes halogenated alkanes) is 4. The SMILES string of the molecule is CC/C=C\C/C=C\C/C=C\C/C=C\C/C=C\CCCC(=O)OC[C@H](COP(=O)([O-])OCC[N+](C)(C)C)OC(=O)CCC/C=C\C[C@H]1C=CC(=O)[C@@H]1/C=C/[C@@H](O)CCCCC. The molecule has 0 bridgehead atoms. The lowest BCUT2D eigenvalue weighted by Gasteiger charge is -2.28. The van der Waals surface area contributed by atoms with Crippen LogP contribution in [0.2, 0.25) is 0 Å². The van der Waals surface area contributed by atoms with Crippen LogP contribution in [0.5, 0.6) is 0 Å². The maximum absolute atomic E-state index is 12.8. The molecule has 0 saturated carbocycles. The number of aliphatic hydroxyl groups is 1. The number of phosphoric ester groups is 1. The molecule has 0 aromatic heterocycles. The second kappa shape index (κ2) is 34.2. The third-order valence-electron chi connectivity index (χ3n) is 9.34. The van der Waals surface area contributed by atoms with Gasteiger partial charge in [0, 0.05) is 18.8 Å². The molecule has 0 amide bonds. The molecule has 12 heteroatoms. The smallest absolute Gasteiger partial charge is 0.306 e. The number of hydrogen-bond acceptors (Lipinski definition) is 10. The minimum Gasteiger partial charge on any atom is -0.756 e. The molecule has 1 N–H and O–H groups in total. The van der Waals surface area contributed by atoms with E-state index < -0.39 is 38.6 Å². The first kappa shape index (κ1) is 54.6. The van der Waals surface area contributed by atoms with Crippen molar-refractivity contribution in [1.29, 1.82) is 0 Å². The van der Waals surface area contributed by atoms with Crippen molar-refractivity contribution in [1.82, 2.24) is 0 Å². The zero-order valence-electron chi connectivity index (χ0n) is 37.2. The molecular weight excluding hydrogens is 781 g/mol. The van der Waals surface area contributed by atoms with E-state index in [9.17, 15) is 28.9 Å². The third-order valence-corrected chi connectivity index (χ3v) is 10.3. The highest BCUT2D eigenvalue weighted by Crippen LogP contribution is 2.38. The van der Waals surface area contributed by atoms with Gasteiger partial charge in [-0.15, -0.1) is 0 Å². The molecule has 1 aliphatic rings. The first-order chi connectivity index (χ1) is 28.8. The van der Waals surface area contributed by atoms with Gasteiger partial charge in [-0.25, -0.2) is 0 Å². The van der Waals surface area contributed by atoms with Gasteiger partial charge in [0.2, 0.25) is 0 Å². The van der Waals surface area contributed by atoms with Crippen LogP contribution in [-0.4, -0.2) is 87.0 Å². The summed E-state index contributed by atoms with van der Waals surface area (Å²) >= 11 is 0. The number of carbonyl (C=O) groups is 3. The molecule has 11 nitrogen and oxygen atoms in total. The zero-order valence-corrected chi connectivity index (χ0v) is 38.1. The van der Waals surface area contributed by atoms with E-state index in [-0.39, 0.29) is 43.7 Å². The van der Waals surface area contributed by atoms with Gasteiger partial charge < -0.3 is 33.0 Å².